The van der Waals surface area contributed by atoms with Gasteiger partial charge in [-0.05, 0) is 45.9 Å². The smallest absolute Gasteiger partial charge is 0.414 e. The van der Waals surface area contributed by atoms with Crippen LogP contribution in [0.15, 0.2) is 23.2 Å². The van der Waals surface area contributed by atoms with E-state index in [1.54, 1.807) is 20.8 Å². The molecule has 2 rings (SSSR count). The number of carbonyl (C=O) groups is 1. The molecule has 1 aliphatic rings. The van der Waals surface area contributed by atoms with Gasteiger partial charge in [-0.15, -0.1) is 0 Å². The van der Waals surface area contributed by atoms with Crippen LogP contribution in [0.4, 0.5) is 9.18 Å². The predicted molar refractivity (Wildman–Crippen MR) is 98.7 cm³/mol. The minimum Gasteiger partial charge on any atom is -0.497 e. The molecule has 1 aromatic carbocycles. The minimum absolute atomic E-state index is 0.0435. The number of hydrogen-bond acceptors (Lipinski definition) is 6. The number of ether oxygens (including phenoxy) is 2. The predicted octanol–water partition coefficient (Wildman–Crippen LogP) is 2.21. The second kappa shape index (κ2) is 6.99. The molecule has 0 fully saturated rings. The zero-order chi connectivity index (χ0) is 20.6. The largest absolute Gasteiger partial charge is 0.497 e. The van der Waals surface area contributed by atoms with E-state index in [2.05, 4.69) is 10.3 Å². The zero-order valence-electron chi connectivity index (χ0n) is 16.2. The fraction of sp³-hybridized carbons (Fsp3) is 0.529. The second-order valence-corrected chi connectivity index (χ2v) is 9.41. The Bertz CT molecular complexity index is 879. The molecule has 8 nitrogen and oxygen atoms in total. The number of rotatable bonds is 2. The molecule has 0 aliphatic carbocycles. The Balaban J connectivity index is 2.50. The minimum atomic E-state index is -3.87. The van der Waals surface area contributed by atoms with E-state index >= 15 is 0 Å². The van der Waals surface area contributed by atoms with E-state index < -0.39 is 38.8 Å². The summed E-state index contributed by atoms with van der Waals surface area (Å²) in [6.45, 7) is 6.49. The summed E-state index contributed by atoms with van der Waals surface area (Å²) in [6.07, 6.45) is -0.862. The quantitative estimate of drug-likeness (QED) is 0.819. The first-order chi connectivity index (χ1) is 12.3. The van der Waals surface area contributed by atoms with Crippen LogP contribution in [-0.2, 0) is 20.3 Å². The van der Waals surface area contributed by atoms with Gasteiger partial charge >= 0.3 is 6.09 Å². The number of aliphatic imine (C=N–C) groups is 1. The van der Waals surface area contributed by atoms with Gasteiger partial charge < -0.3 is 9.47 Å². The maximum Gasteiger partial charge on any atom is 0.414 e. The lowest BCUT2D eigenvalue weighted by atomic mass is 9.94. The monoisotopic (exact) mass is 401 g/mol. The number of guanidine groups is 1. The molecule has 0 aromatic heterocycles. The van der Waals surface area contributed by atoms with Crippen molar-refractivity contribution in [1.82, 2.24) is 9.62 Å². The molecule has 0 saturated heterocycles. The maximum atomic E-state index is 14.5. The van der Waals surface area contributed by atoms with Gasteiger partial charge in [0.1, 0.15) is 22.7 Å². The van der Waals surface area contributed by atoms with Gasteiger partial charge in [0.15, 0.2) is 0 Å². The molecule has 1 aliphatic heterocycles. The summed E-state index contributed by atoms with van der Waals surface area (Å²) in [5.74, 6) is -0.987. The number of carbonyl (C=O) groups excluding carboxylic acids is 1. The zero-order valence-corrected chi connectivity index (χ0v) is 17.0. The summed E-state index contributed by atoms with van der Waals surface area (Å²) in [5, 5.41) is 2.34. The van der Waals surface area contributed by atoms with E-state index in [-0.39, 0.29) is 11.5 Å². The van der Waals surface area contributed by atoms with Crippen molar-refractivity contribution in [2.75, 3.05) is 19.9 Å². The van der Waals surface area contributed by atoms with Crippen LogP contribution in [-0.4, -0.2) is 50.3 Å². The van der Waals surface area contributed by atoms with Crippen LogP contribution in [0.25, 0.3) is 0 Å². The molecule has 0 unspecified atom stereocenters. The number of methoxy groups -OCH3 is 1. The molecular weight excluding hydrogens is 377 g/mol. The van der Waals surface area contributed by atoms with Gasteiger partial charge in [0.05, 0.1) is 12.9 Å². The number of nitrogens with one attached hydrogen (secondary N) is 1. The van der Waals surface area contributed by atoms with Gasteiger partial charge in [0, 0.05) is 12.6 Å². The first kappa shape index (κ1) is 20.9. The average molecular weight is 401 g/mol. The Morgan fingerprint density at radius 2 is 2.00 bits per heavy atom. The molecular formula is C17H24FN3O5S. The summed E-state index contributed by atoms with van der Waals surface area (Å²) in [4.78, 5) is 16.4. The molecule has 1 N–H and O–H groups in total. The highest BCUT2D eigenvalue weighted by molar-refractivity contribution is 7.89. The van der Waals surface area contributed by atoms with Crippen molar-refractivity contribution >= 4 is 22.1 Å². The Morgan fingerprint density at radius 1 is 1.37 bits per heavy atom. The Kier molecular flexibility index (Phi) is 5.42. The maximum absolute atomic E-state index is 14.5. The number of benzene rings is 1. The third-order valence-corrected chi connectivity index (χ3v) is 5.83. The van der Waals surface area contributed by atoms with Crippen LogP contribution >= 0.6 is 0 Å². The van der Waals surface area contributed by atoms with Crippen LogP contribution in [0.1, 0.15) is 33.3 Å². The number of hydrogen-bond donors (Lipinski definition) is 1. The lowest BCUT2D eigenvalue weighted by Crippen LogP contribution is -2.54. The van der Waals surface area contributed by atoms with Gasteiger partial charge in [-0.25, -0.2) is 26.9 Å². The summed E-state index contributed by atoms with van der Waals surface area (Å²) < 4.78 is 50.8. The topological polar surface area (TPSA) is 97.3 Å². The first-order valence-corrected chi connectivity index (χ1v) is 9.79. The number of halogens is 1. The van der Waals surface area contributed by atoms with E-state index in [1.807, 2.05) is 0 Å². The highest BCUT2D eigenvalue weighted by atomic mass is 32.2. The van der Waals surface area contributed by atoms with Gasteiger partial charge in [-0.2, -0.15) is 0 Å². The van der Waals surface area contributed by atoms with Crippen LogP contribution in [0.2, 0.25) is 0 Å². The second-order valence-electron chi connectivity index (χ2n) is 7.41. The van der Waals surface area contributed by atoms with Gasteiger partial charge in [-0.3, -0.25) is 5.32 Å². The third-order valence-electron chi connectivity index (χ3n) is 3.90. The van der Waals surface area contributed by atoms with Crippen LogP contribution < -0.4 is 10.1 Å². The Labute approximate surface area is 158 Å². The molecule has 1 amide bonds. The van der Waals surface area contributed by atoms with Crippen LogP contribution in [0.5, 0.6) is 5.75 Å². The molecule has 1 heterocycles. The Hall–Kier alpha value is -2.36. The number of amides is 1. The van der Waals surface area contributed by atoms with E-state index in [9.17, 15) is 17.6 Å². The molecule has 0 bridgehead atoms. The molecule has 1 aromatic rings. The number of sulfonamides is 1. The molecule has 0 radical (unpaired) electrons. The molecule has 10 heteroatoms. The van der Waals surface area contributed by atoms with Crippen molar-refractivity contribution in [2.45, 2.75) is 38.8 Å². The van der Waals surface area contributed by atoms with Crippen LogP contribution in [0, 0.1) is 5.82 Å². The van der Waals surface area contributed by atoms with Gasteiger partial charge in [-0.1, -0.05) is 0 Å². The van der Waals surface area contributed by atoms with Crippen molar-refractivity contribution in [1.29, 1.82) is 0 Å². The Morgan fingerprint density at radius 3 is 2.56 bits per heavy atom. The van der Waals surface area contributed by atoms with E-state index in [4.69, 9.17) is 9.47 Å². The molecule has 27 heavy (non-hydrogen) atoms. The summed E-state index contributed by atoms with van der Waals surface area (Å²) in [6, 6.07) is 4.00. The van der Waals surface area contributed by atoms with E-state index in [0.29, 0.717) is 5.75 Å². The van der Waals surface area contributed by atoms with Crippen molar-refractivity contribution < 1.29 is 27.1 Å². The highest BCUT2D eigenvalue weighted by Gasteiger charge is 2.43. The molecule has 0 spiro atoms. The average Bonchev–Trinajstić information content (AvgIpc) is 2.50. The normalized spacial score (nSPS) is 22.0. The van der Waals surface area contributed by atoms with Crippen molar-refractivity contribution in [3.8, 4) is 5.75 Å². The fourth-order valence-electron chi connectivity index (χ4n) is 2.60. The molecule has 1 atom stereocenters. The van der Waals surface area contributed by atoms with E-state index in [1.165, 1.54) is 39.3 Å². The van der Waals surface area contributed by atoms with Gasteiger partial charge in [0.25, 0.3) is 0 Å². The number of nitrogens with zero attached hydrogens (tertiary/aromatic N) is 2. The van der Waals surface area contributed by atoms with Crippen molar-refractivity contribution in [2.24, 2.45) is 4.99 Å². The highest BCUT2D eigenvalue weighted by Crippen LogP contribution is 2.35. The first-order valence-electron chi connectivity index (χ1n) is 8.18. The summed E-state index contributed by atoms with van der Waals surface area (Å²) in [5.41, 5.74) is -2.20. The van der Waals surface area contributed by atoms with Gasteiger partial charge in [0.2, 0.25) is 16.0 Å². The standard InChI is InChI=1S/C17H24FN3O5S/c1-16(2,3)26-15(22)19-14-20-17(4,10-27(23,24)21(14)5)12-9-11(25-6)7-8-13(12)18/h7-9H,10H2,1-6H3,(H,19,20,22)/t17-/m0/s1. The fourth-order valence-corrected chi connectivity index (χ4v) is 4.08. The van der Waals surface area contributed by atoms with E-state index in [0.717, 1.165) is 4.31 Å². The summed E-state index contributed by atoms with van der Waals surface area (Å²) in [7, 11) is -1.19. The third kappa shape index (κ3) is 4.68. The molecule has 150 valence electrons. The lowest BCUT2D eigenvalue weighted by molar-refractivity contribution is 0.0559. The van der Waals surface area contributed by atoms with Crippen molar-refractivity contribution in [3.63, 3.8) is 0 Å². The van der Waals surface area contributed by atoms with Crippen LogP contribution in [0.3, 0.4) is 0 Å². The summed E-state index contributed by atoms with van der Waals surface area (Å²) >= 11 is 0. The SMILES string of the molecule is COc1ccc(F)c([C@]2(C)CS(=O)(=O)N(C)C(NC(=O)OC(C)(C)C)=N2)c1. The number of alkyl carbamates (subject to hydrolysis) is 1. The molecule has 0 saturated carbocycles. The van der Waals surface area contributed by atoms with Crippen molar-refractivity contribution in [3.05, 3.63) is 29.6 Å². The lowest BCUT2D eigenvalue weighted by Gasteiger charge is -2.36.